The Bertz CT molecular complexity index is 1040. The zero-order chi connectivity index (χ0) is 21.2. The lowest BCUT2D eigenvalue weighted by Gasteiger charge is -2.16. The van der Waals surface area contributed by atoms with Gasteiger partial charge in [0.25, 0.3) is 0 Å². The number of benzene rings is 2. The number of hydrogen-bond acceptors (Lipinski definition) is 7. The van der Waals surface area contributed by atoms with Gasteiger partial charge in [-0.05, 0) is 42.3 Å². The minimum atomic E-state index is -3.36. The Labute approximate surface area is 169 Å². The molecule has 0 amide bonds. The molecule has 0 bridgehead atoms. The number of ether oxygens (including phenoxy) is 3. The number of carbonyl (C=O) groups is 2. The van der Waals surface area contributed by atoms with Gasteiger partial charge in [-0.15, -0.1) is 0 Å². The highest BCUT2D eigenvalue weighted by molar-refractivity contribution is 7.92. The first-order valence-electron chi connectivity index (χ1n) is 8.78. The van der Waals surface area contributed by atoms with Gasteiger partial charge in [0.15, 0.2) is 12.4 Å². The molecule has 29 heavy (non-hydrogen) atoms. The second kappa shape index (κ2) is 8.12. The third kappa shape index (κ3) is 4.19. The number of ketones is 1. The first-order valence-corrected chi connectivity index (χ1v) is 10.6. The van der Waals surface area contributed by atoms with Crippen molar-refractivity contribution in [2.45, 2.75) is 6.42 Å². The van der Waals surface area contributed by atoms with Crippen LogP contribution in [0.5, 0.6) is 11.5 Å². The molecule has 0 fully saturated rings. The number of hydrogen-bond donors (Lipinski definition) is 0. The Balaban J connectivity index is 1.74. The topological polar surface area (TPSA) is 99.2 Å². The molecule has 0 radical (unpaired) electrons. The molecule has 0 unspecified atom stereocenters. The van der Waals surface area contributed by atoms with Crippen LogP contribution in [0.25, 0.3) is 0 Å². The number of anilines is 1. The molecule has 0 saturated heterocycles. The molecule has 2 aromatic carbocycles. The largest absolute Gasteiger partial charge is 0.496 e. The van der Waals surface area contributed by atoms with Crippen LogP contribution in [0.2, 0.25) is 0 Å². The van der Waals surface area contributed by atoms with Crippen molar-refractivity contribution in [3.8, 4) is 11.5 Å². The van der Waals surface area contributed by atoms with Gasteiger partial charge >= 0.3 is 5.97 Å². The minimum absolute atomic E-state index is 0.100. The molecule has 0 saturated carbocycles. The Morgan fingerprint density at radius 3 is 2.31 bits per heavy atom. The maximum Gasteiger partial charge on any atom is 0.346 e. The van der Waals surface area contributed by atoms with Crippen molar-refractivity contribution >= 4 is 27.5 Å². The first-order chi connectivity index (χ1) is 13.8. The molecule has 1 aliphatic rings. The summed E-state index contributed by atoms with van der Waals surface area (Å²) in [5, 5.41) is 0. The van der Waals surface area contributed by atoms with E-state index in [1.807, 2.05) is 0 Å². The van der Waals surface area contributed by atoms with E-state index in [0.29, 0.717) is 24.2 Å². The third-order valence-electron chi connectivity index (χ3n) is 4.62. The molecule has 3 rings (SSSR count). The quantitative estimate of drug-likeness (QED) is 0.500. The third-order valence-corrected chi connectivity index (χ3v) is 5.80. The van der Waals surface area contributed by atoms with Gasteiger partial charge in [0.2, 0.25) is 10.0 Å². The van der Waals surface area contributed by atoms with Gasteiger partial charge in [-0.25, -0.2) is 13.2 Å². The van der Waals surface area contributed by atoms with Crippen molar-refractivity contribution in [1.29, 1.82) is 0 Å². The summed E-state index contributed by atoms with van der Waals surface area (Å²) in [4.78, 5) is 25.0. The van der Waals surface area contributed by atoms with E-state index in [4.69, 9.17) is 14.2 Å². The van der Waals surface area contributed by atoms with Crippen LogP contribution in [0.3, 0.4) is 0 Å². The van der Waals surface area contributed by atoms with Gasteiger partial charge in [0, 0.05) is 12.1 Å². The molecule has 1 aliphatic heterocycles. The Morgan fingerprint density at radius 1 is 1.07 bits per heavy atom. The van der Waals surface area contributed by atoms with Crippen molar-refractivity contribution < 1.29 is 32.2 Å². The standard InChI is InChI=1S/C20H21NO7S/c1-26-17-5-4-6-18(27-2)19(17)20(23)28-12-16(22)14-7-8-15-13(11-14)9-10-21(15)29(3,24)25/h4-8,11H,9-10,12H2,1-3H3. The molecule has 9 heteroatoms. The summed E-state index contributed by atoms with van der Waals surface area (Å²) in [5.41, 5.74) is 1.78. The summed E-state index contributed by atoms with van der Waals surface area (Å²) < 4.78 is 40.4. The molecule has 1 heterocycles. The van der Waals surface area contributed by atoms with Gasteiger partial charge in [-0.1, -0.05) is 6.07 Å². The van der Waals surface area contributed by atoms with Gasteiger partial charge in [-0.2, -0.15) is 0 Å². The normalized spacial score (nSPS) is 13.0. The summed E-state index contributed by atoms with van der Waals surface area (Å²) in [6.07, 6.45) is 1.66. The smallest absolute Gasteiger partial charge is 0.346 e. The summed E-state index contributed by atoms with van der Waals surface area (Å²) in [6, 6.07) is 9.62. The monoisotopic (exact) mass is 419 g/mol. The molecule has 154 valence electrons. The number of sulfonamides is 1. The summed E-state index contributed by atoms with van der Waals surface area (Å²) in [6.45, 7) is -0.122. The number of carbonyl (C=O) groups excluding carboxylic acids is 2. The van der Waals surface area contributed by atoms with E-state index < -0.39 is 28.4 Å². The van der Waals surface area contributed by atoms with Gasteiger partial charge in [0.05, 0.1) is 26.2 Å². The van der Waals surface area contributed by atoms with E-state index in [1.54, 1.807) is 30.3 Å². The van der Waals surface area contributed by atoms with E-state index in [2.05, 4.69) is 0 Å². The van der Waals surface area contributed by atoms with Crippen LogP contribution in [0.15, 0.2) is 36.4 Å². The molecule has 0 aromatic heterocycles. The van der Waals surface area contributed by atoms with Crippen molar-refractivity contribution in [3.05, 3.63) is 53.1 Å². The maximum absolute atomic E-state index is 12.5. The number of methoxy groups -OCH3 is 2. The maximum atomic E-state index is 12.5. The van der Waals surface area contributed by atoms with Crippen molar-refractivity contribution in [2.24, 2.45) is 0 Å². The Hall–Kier alpha value is -3.07. The molecule has 0 atom stereocenters. The van der Waals surface area contributed by atoms with Crippen LogP contribution < -0.4 is 13.8 Å². The molecule has 8 nitrogen and oxygen atoms in total. The van der Waals surface area contributed by atoms with E-state index >= 15 is 0 Å². The lowest BCUT2D eigenvalue weighted by Crippen LogP contribution is -2.27. The minimum Gasteiger partial charge on any atom is -0.496 e. The molecule has 0 aliphatic carbocycles. The number of nitrogens with zero attached hydrogens (tertiary/aromatic N) is 1. The predicted molar refractivity (Wildman–Crippen MR) is 106 cm³/mol. The number of Topliss-reactive ketones (excluding diaryl/α,β-unsaturated/α-hetero) is 1. The number of esters is 1. The average Bonchev–Trinajstić information content (AvgIpc) is 3.14. The molecule has 0 N–H and O–H groups in total. The van der Waals surface area contributed by atoms with E-state index in [9.17, 15) is 18.0 Å². The number of rotatable bonds is 7. The lowest BCUT2D eigenvalue weighted by atomic mass is 10.1. The van der Waals surface area contributed by atoms with Crippen LogP contribution in [-0.4, -0.2) is 53.8 Å². The van der Waals surface area contributed by atoms with E-state index in [0.717, 1.165) is 11.8 Å². The summed E-state index contributed by atoms with van der Waals surface area (Å²) in [7, 11) is -0.524. The van der Waals surface area contributed by atoms with Crippen LogP contribution >= 0.6 is 0 Å². The molecule has 0 spiro atoms. The van der Waals surface area contributed by atoms with Crippen LogP contribution in [0.4, 0.5) is 5.69 Å². The summed E-state index contributed by atoms with van der Waals surface area (Å²) in [5.74, 6) is -0.578. The Kier molecular flexibility index (Phi) is 5.78. The van der Waals surface area contributed by atoms with Gasteiger partial charge in [0.1, 0.15) is 17.1 Å². The fourth-order valence-corrected chi connectivity index (χ4v) is 4.19. The molecular formula is C20H21NO7S. The average molecular weight is 419 g/mol. The fraction of sp³-hybridized carbons (Fsp3) is 0.300. The highest BCUT2D eigenvalue weighted by Gasteiger charge is 2.27. The van der Waals surface area contributed by atoms with Crippen LogP contribution in [-0.2, 0) is 21.2 Å². The molecule has 2 aromatic rings. The zero-order valence-electron chi connectivity index (χ0n) is 16.3. The predicted octanol–water partition coefficient (Wildman–Crippen LogP) is 2.07. The SMILES string of the molecule is COc1cccc(OC)c1C(=O)OCC(=O)c1ccc2c(c1)CCN2S(C)(=O)=O. The van der Waals surface area contributed by atoms with E-state index in [1.165, 1.54) is 24.6 Å². The fourth-order valence-electron chi connectivity index (χ4n) is 3.23. The second-order valence-electron chi connectivity index (χ2n) is 6.47. The first kappa shape index (κ1) is 20.7. The highest BCUT2D eigenvalue weighted by atomic mass is 32.2. The highest BCUT2D eigenvalue weighted by Crippen LogP contribution is 2.31. The second-order valence-corrected chi connectivity index (χ2v) is 8.37. The van der Waals surface area contributed by atoms with Crippen molar-refractivity contribution in [3.63, 3.8) is 0 Å². The van der Waals surface area contributed by atoms with Crippen molar-refractivity contribution in [2.75, 3.05) is 37.9 Å². The van der Waals surface area contributed by atoms with Gasteiger partial charge in [-0.3, -0.25) is 9.10 Å². The summed E-state index contributed by atoms with van der Waals surface area (Å²) >= 11 is 0. The molecular weight excluding hydrogens is 398 g/mol. The van der Waals surface area contributed by atoms with Crippen LogP contribution in [0.1, 0.15) is 26.3 Å². The Morgan fingerprint density at radius 2 is 1.72 bits per heavy atom. The number of fused-ring (bicyclic) bond motifs is 1. The van der Waals surface area contributed by atoms with E-state index in [-0.39, 0.29) is 17.1 Å². The zero-order valence-corrected chi connectivity index (χ0v) is 17.1. The van der Waals surface area contributed by atoms with Crippen LogP contribution in [0, 0.1) is 0 Å². The lowest BCUT2D eigenvalue weighted by molar-refractivity contribution is 0.0468. The van der Waals surface area contributed by atoms with Crippen molar-refractivity contribution in [1.82, 2.24) is 0 Å². The van der Waals surface area contributed by atoms with Gasteiger partial charge < -0.3 is 14.2 Å².